The predicted octanol–water partition coefficient (Wildman–Crippen LogP) is 4.46. The summed E-state index contributed by atoms with van der Waals surface area (Å²) >= 11 is 0. The third kappa shape index (κ3) is 5.31. The standard InChI is InChI=1S/C23H26N4O2/c1-16(2)27(15-18-8-6-5-7-9-18)22-14-21(24-17(3)25-22)23(28)26-19-10-12-20(29-4)13-11-19/h5-14,16H,15H2,1-4H3,(H,26,28). The molecule has 2 aromatic carbocycles. The first kappa shape index (κ1) is 20.3. The molecule has 0 saturated heterocycles. The Morgan fingerprint density at radius 3 is 2.38 bits per heavy atom. The molecule has 0 fully saturated rings. The molecule has 0 aliphatic rings. The van der Waals surface area contributed by atoms with Gasteiger partial charge in [-0.25, -0.2) is 9.97 Å². The van der Waals surface area contributed by atoms with Crippen molar-refractivity contribution < 1.29 is 9.53 Å². The minimum Gasteiger partial charge on any atom is -0.497 e. The largest absolute Gasteiger partial charge is 0.497 e. The Balaban J connectivity index is 1.84. The van der Waals surface area contributed by atoms with Crippen LogP contribution in [0.25, 0.3) is 0 Å². The van der Waals surface area contributed by atoms with E-state index in [1.54, 1.807) is 44.4 Å². The van der Waals surface area contributed by atoms with Gasteiger partial charge in [0.1, 0.15) is 23.1 Å². The van der Waals surface area contributed by atoms with Gasteiger partial charge >= 0.3 is 0 Å². The lowest BCUT2D eigenvalue weighted by Gasteiger charge is -2.28. The lowest BCUT2D eigenvalue weighted by atomic mass is 10.2. The van der Waals surface area contributed by atoms with Gasteiger partial charge in [0, 0.05) is 24.3 Å². The van der Waals surface area contributed by atoms with Gasteiger partial charge in [0.25, 0.3) is 5.91 Å². The Morgan fingerprint density at radius 1 is 1.07 bits per heavy atom. The highest BCUT2D eigenvalue weighted by molar-refractivity contribution is 6.03. The van der Waals surface area contributed by atoms with Crippen LogP contribution in [0.4, 0.5) is 11.5 Å². The molecule has 0 bridgehead atoms. The molecule has 0 aliphatic heterocycles. The van der Waals surface area contributed by atoms with E-state index in [9.17, 15) is 4.79 Å². The molecular weight excluding hydrogens is 364 g/mol. The van der Waals surface area contributed by atoms with Gasteiger partial charge in [-0.3, -0.25) is 4.79 Å². The number of aromatic nitrogens is 2. The summed E-state index contributed by atoms with van der Waals surface area (Å²) in [6.45, 7) is 6.72. The molecule has 6 nitrogen and oxygen atoms in total. The zero-order chi connectivity index (χ0) is 20.8. The fraction of sp³-hybridized carbons (Fsp3) is 0.261. The van der Waals surface area contributed by atoms with Gasteiger partial charge in [-0.1, -0.05) is 30.3 Å². The molecule has 150 valence electrons. The van der Waals surface area contributed by atoms with Crippen LogP contribution in [0.3, 0.4) is 0 Å². The molecule has 0 atom stereocenters. The minimum atomic E-state index is -0.273. The number of nitrogens with zero attached hydrogens (tertiary/aromatic N) is 3. The molecule has 1 aromatic heterocycles. The number of rotatable bonds is 7. The van der Waals surface area contributed by atoms with E-state index in [0.29, 0.717) is 23.8 Å². The third-order valence-corrected chi connectivity index (χ3v) is 4.52. The normalized spacial score (nSPS) is 10.7. The molecule has 0 unspecified atom stereocenters. The summed E-state index contributed by atoms with van der Waals surface area (Å²) in [5, 5.41) is 2.88. The van der Waals surface area contributed by atoms with Gasteiger partial charge in [0.15, 0.2) is 0 Å². The van der Waals surface area contributed by atoms with Gasteiger partial charge in [0.2, 0.25) is 0 Å². The molecule has 3 aromatic rings. The monoisotopic (exact) mass is 390 g/mol. The van der Waals surface area contributed by atoms with Crippen LogP contribution < -0.4 is 15.0 Å². The van der Waals surface area contributed by atoms with E-state index >= 15 is 0 Å². The maximum absolute atomic E-state index is 12.8. The van der Waals surface area contributed by atoms with Crippen molar-refractivity contribution in [2.75, 3.05) is 17.3 Å². The average Bonchev–Trinajstić information content (AvgIpc) is 2.72. The molecule has 6 heteroatoms. The minimum absolute atomic E-state index is 0.210. The summed E-state index contributed by atoms with van der Waals surface area (Å²) in [5.41, 5.74) is 2.20. The lowest BCUT2D eigenvalue weighted by molar-refractivity contribution is 0.102. The molecule has 0 radical (unpaired) electrons. The summed E-state index contributed by atoms with van der Waals surface area (Å²) in [7, 11) is 1.61. The van der Waals surface area contributed by atoms with Gasteiger partial charge in [-0.2, -0.15) is 0 Å². The van der Waals surface area contributed by atoms with E-state index in [0.717, 1.165) is 11.6 Å². The second-order valence-corrected chi connectivity index (χ2v) is 7.05. The fourth-order valence-corrected chi connectivity index (χ4v) is 2.99. The number of carbonyl (C=O) groups excluding carboxylic acids is 1. The molecule has 0 aliphatic carbocycles. The van der Waals surface area contributed by atoms with Crippen LogP contribution in [-0.4, -0.2) is 29.0 Å². The first-order valence-electron chi connectivity index (χ1n) is 9.58. The van der Waals surface area contributed by atoms with Crippen molar-refractivity contribution in [2.24, 2.45) is 0 Å². The highest BCUT2D eigenvalue weighted by atomic mass is 16.5. The van der Waals surface area contributed by atoms with Crippen molar-refractivity contribution >= 4 is 17.4 Å². The summed E-state index contributed by atoms with van der Waals surface area (Å²) in [5.74, 6) is 1.75. The second-order valence-electron chi connectivity index (χ2n) is 7.05. The molecule has 0 spiro atoms. The summed E-state index contributed by atoms with van der Waals surface area (Å²) in [4.78, 5) is 23.9. The van der Waals surface area contributed by atoms with Crippen molar-refractivity contribution in [3.05, 3.63) is 77.7 Å². The SMILES string of the molecule is COc1ccc(NC(=O)c2cc(N(Cc3ccccc3)C(C)C)nc(C)n2)cc1. The second kappa shape index (κ2) is 9.19. The fourth-order valence-electron chi connectivity index (χ4n) is 2.99. The topological polar surface area (TPSA) is 67.3 Å². The van der Waals surface area contributed by atoms with Crippen LogP contribution in [0.5, 0.6) is 5.75 Å². The zero-order valence-corrected chi connectivity index (χ0v) is 17.2. The summed E-state index contributed by atoms with van der Waals surface area (Å²) < 4.78 is 5.15. The third-order valence-electron chi connectivity index (χ3n) is 4.52. The van der Waals surface area contributed by atoms with Crippen LogP contribution in [-0.2, 0) is 6.54 Å². The molecule has 1 heterocycles. The smallest absolute Gasteiger partial charge is 0.274 e. The zero-order valence-electron chi connectivity index (χ0n) is 17.2. The van der Waals surface area contributed by atoms with Gasteiger partial charge < -0.3 is 15.0 Å². The highest BCUT2D eigenvalue weighted by Gasteiger charge is 2.17. The molecule has 3 rings (SSSR count). The van der Waals surface area contributed by atoms with Crippen LogP contribution in [0, 0.1) is 6.92 Å². The maximum Gasteiger partial charge on any atom is 0.274 e. The van der Waals surface area contributed by atoms with E-state index < -0.39 is 0 Å². The van der Waals surface area contributed by atoms with Crippen molar-refractivity contribution in [3.8, 4) is 5.75 Å². The average molecular weight is 390 g/mol. The molecule has 1 amide bonds. The Kier molecular flexibility index (Phi) is 6.44. The van der Waals surface area contributed by atoms with Crippen molar-refractivity contribution in [1.29, 1.82) is 0 Å². The van der Waals surface area contributed by atoms with E-state index in [4.69, 9.17) is 4.74 Å². The van der Waals surface area contributed by atoms with E-state index in [1.807, 2.05) is 18.2 Å². The van der Waals surface area contributed by atoms with Crippen LogP contribution >= 0.6 is 0 Å². The van der Waals surface area contributed by atoms with Crippen molar-refractivity contribution in [2.45, 2.75) is 33.4 Å². The molecule has 1 N–H and O–H groups in total. The van der Waals surface area contributed by atoms with Crippen LogP contribution in [0.2, 0.25) is 0 Å². The first-order chi connectivity index (χ1) is 14.0. The Labute approximate surface area is 171 Å². The van der Waals surface area contributed by atoms with Crippen molar-refractivity contribution in [3.63, 3.8) is 0 Å². The number of aryl methyl sites for hydroxylation is 1. The van der Waals surface area contributed by atoms with Gasteiger partial charge in [-0.15, -0.1) is 0 Å². The molecule has 0 saturated carbocycles. The summed E-state index contributed by atoms with van der Waals surface area (Å²) in [6.07, 6.45) is 0. The number of nitrogens with one attached hydrogen (secondary N) is 1. The summed E-state index contributed by atoms with van der Waals surface area (Å²) in [6, 6.07) is 19.3. The number of hydrogen-bond donors (Lipinski definition) is 1. The lowest BCUT2D eigenvalue weighted by Crippen LogP contribution is -2.31. The number of benzene rings is 2. The quantitative estimate of drug-likeness (QED) is 0.645. The highest BCUT2D eigenvalue weighted by Crippen LogP contribution is 2.20. The van der Waals surface area contributed by atoms with E-state index in [1.165, 1.54) is 5.56 Å². The Morgan fingerprint density at radius 2 is 1.76 bits per heavy atom. The number of carbonyl (C=O) groups is 1. The van der Waals surface area contributed by atoms with Gasteiger partial charge in [0.05, 0.1) is 7.11 Å². The number of amides is 1. The van der Waals surface area contributed by atoms with Gasteiger partial charge in [-0.05, 0) is 50.6 Å². The Bertz CT molecular complexity index is 956. The number of ether oxygens (including phenoxy) is 1. The van der Waals surface area contributed by atoms with E-state index in [2.05, 4.69) is 46.2 Å². The van der Waals surface area contributed by atoms with Crippen LogP contribution in [0.1, 0.15) is 35.7 Å². The molecule has 29 heavy (non-hydrogen) atoms. The number of anilines is 2. The molecular formula is C23H26N4O2. The van der Waals surface area contributed by atoms with E-state index in [-0.39, 0.29) is 11.9 Å². The predicted molar refractivity (Wildman–Crippen MR) is 115 cm³/mol. The Hall–Kier alpha value is -3.41. The number of methoxy groups -OCH3 is 1. The van der Waals surface area contributed by atoms with Crippen LogP contribution in [0.15, 0.2) is 60.7 Å². The maximum atomic E-state index is 12.8. The van der Waals surface area contributed by atoms with Crippen molar-refractivity contribution in [1.82, 2.24) is 9.97 Å². The first-order valence-corrected chi connectivity index (χ1v) is 9.58. The number of hydrogen-bond acceptors (Lipinski definition) is 5.